The zero-order valence-corrected chi connectivity index (χ0v) is 12.6. The van der Waals surface area contributed by atoms with Gasteiger partial charge in [0.05, 0.1) is 15.7 Å². The summed E-state index contributed by atoms with van der Waals surface area (Å²) < 4.78 is 6.06. The summed E-state index contributed by atoms with van der Waals surface area (Å²) >= 11 is 4.69. The van der Waals surface area contributed by atoms with Crippen molar-refractivity contribution in [1.29, 1.82) is 0 Å². The Labute approximate surface area is 117 Å². The van der Waals surface area contributed by atoms with Crippen LogP contribution in [0.3, 0.4) is 0 Å². The van der Waals surface area contributed by atoms with Crippen LogP contribution in [0.4, 0.5) is 0 Å². The molecule has 0 saturated heterocycles. The Morgan fingerprint density at radius 3 is 2.61 bits per heavy atom. The Morgan fingerprint density at radius 1 is 1.50 bits per heavy atom. The Balaban J connectivity index is 2.63. The number of rotatable bonds is 2. The van der Waals surface area contributed by atoms with Gasteiger partial charge in [-0.05, 0) is 22.0 Å². The summed E-state index contributed by atoms with van der Waals surface area (Å²) in [6, 6.07) is 1.73. The molecule has 0 fully saturated rings. The molecule has 0 radical (unpaired) electrons. The van der Waals surface area contributed by atoms with E-state index >= 15 is 0 Å². The maximum atomic E-state index is 11.3. The molecule has 0 amide bonds. The fraction of sp³-hybridized carbons (Fsp3) is 0.333. The van der Waals surface area contributed by atoms with Gasteiger partial charge in [-0.1, -0.05) is 20.8 Å². The summed E-state index contributed by atoms with van der Waals surface area (Å²) in [4.78, 5) is 16.0. The van der Waals surface area contributed by atoms with Crippen LogP contribution in [0.2, 0.25) is 0 Å². The molecule has 4 nitrogen and oxygen atoms in total. The fourth-order valence-corrected chi connectivity index (χ4v) is 3.04. The van der Waals surface area contributed by atoms with Gasteiger partial charge in [-0.3, -0.25) is 0 Å². The van der Waals surface area contributed by atoms with E-state index in [2.05, 4.69) is 20.9 Å². The number of hydrogen-bond acceptors (Lipinski definition) is 4. The van der Waals surface area contributed by atoms with Crippen molar-refractivity contribution in [2.45, 2.75) is 26.2 Å². The molecule has 0 aromatic carbocycles. The van der Waals surface area contributed by atoms with Crippen LogP contribution >= 0.6 is 27.3 Å². The predicted octanol–water partition coefficient (Wildman–Crippen LogP) is 4.16. The van der Waals surface area contributed by atoms with E-state index in [1.807, 2.05) is 20.8 Å². The molecule has 0 spiro atoms. The molecular weight excluding hydrogens is 318 g/mol. The van der Waals surface area contributed by atoms with Gasteiger partial charge in [0.2, 0.25) is 0 Å². The van der Waals surface area contributed by atoms with Gasteiger partial charge in [0.1, 0.15) is 4.88 Å². The average Bonchev–Trinajstić information content (AvgIpc) is 2.81. The van der Waals surface area contributed by atoms with Crippen LogP contribution in [0.5, 0.6) is 0 Å². The van der Waals surface area contributed by atoms with Crippen molar-refractivity contribution in [2.24, 2.45) is 0 Å². The van der Waals surface area contributed by atoms with Gasteiger partial charge in [-0.25, -0.2) is 9.78 Å². The number of nitrogens with zero attached hydrogens (tertiary/aromatic N) is 1. The van der Waals surface area contributed by atoms with Crippen molar-refractivity contribution in [3.8, 4) is 10.6 Å². The minimum atomic E-state index is -1.04. The van der Waals surface area contributed by atoms with Gasteiger partial charge < -0.3 is 9.52 Å². The molecule has 0 aliphatic rings. The van der Waals surface area contributed by atoms with E-state index in [9.17, 15) is 9.90 Å². The first-order chi connectivity index (χ1) is 8.30. The standard InChI is InChI=1S/C12H12BrNO3S/c1-12(2,3)11-14-7(10(15)16)9(18-11)8-6(13)4-5-17-8/h4-5H,1-3H3,(H,15,16). The first kappa shape index (κ1) is 13.3. The van der Waals surface area contributed by atoms with Crippen molar-refractivity contribution < 1.29 is 14.3 Å². The summed E-state index contributed by atoms with van der Waals surface area (Å²) in [5, 5.41) is 10.00. The number of halogens is 1. The monoisotopic (exact) mass is 329 g/mol. The quantitative estimate of drug-likeness (QED) is 0.898. The normalized spacial score (nSPS) is 11.8. The third-order valence-electron chi connectivity index (χ3n) is 2.29. The third kappa shape index (κ3) is 2.35. The maximum absolute atomic E-state index is 11.3. The zero-order valence-electron chi connectivity index (χ0n) is 10.2. The summed E-state index contributed by atoms with van der Waals surface area (Å²) in [5.74, 6) is -0.527. The second-order valence-corrected chi connectivity index (χ2v) is 6.70. The maximum Gasteiger partial charge on any atom is 0.356 e. The molecule has 2 aromatic heterocycles. The number of thiazole rings is 1. The molecular formula is C12H12BrNO3S. The lowest BCUT2D eigenvalue weighted by molar-refractivity contribution is 0.0691. The third-order valence-corrected chi connectivity index (χ3v) is 4.40. The van der Waals surface area contributed by atoms with E-state index in [4.69, 9.17) is 4.42 Å². The largest absolute Gasteiger partial charge is 0.476 e. The Morgan fingerprint density at radius 2 is 2.17 bits per heavy atom. The smallest absolute Gasteiger partial charge is 0.356 e. The minimum Gasteiger partial charge on any atom is -0.476 e. The molecule has 18 heavy (non-hydrogen) atoms. The summed E-state index contributed by atoms with van der Waals surface area (Å²) in [6.45, 7) is 6.00. The SMILES string of the molecule is CC(C)(C)c1nc(C(=O)O)c(-c2occc2Br)s1. The summed E-state index contributed by atoms with van der Waals surface area (Å²) in [6.07, 6.45) is 1.52. The number of carboxylic acids is 1. The predicted molar refractivity (Wildman–Crippen MR) is 73.2 cm³/mol. The highest BCUT2D eigenvalue weighted by molar-refractivity contribution is 9.10. The minimum absolute atomic E-state index is 0.0422. The number of carbonyl (C=O) groups is 1. The lowest BCUT2D eigenvalue weighted by Gasteiger charge is -2.13. The molecule has 2 heterocycles. The van der Waals surface area contributed by atoms with Crippen LogP contribution in [-0.2, 0) is 5.41 Å². The number of aromatic carboxylic acids is 1. The molecule has 0 aliphatic heterocycles. The van der Waals surface area contributed by atoms with Crippen LogP contribution in [0.25, 0.3) is 10.6 Å². The van der Waals surface area contributed by atoms with Gasteiger partial charge in [-0.15, -0.1) is 11.3 Å². The van der Waals surface area contributed by atoms with Crippen LogP contribution < -0.4 is 0 Å². The van der Waals surface area contributed by atoms with Crippen molar-refractivity contribution in [1.82, 2.24) is 4.98 Å². The van der Waals surface area contributed by atoms with E-state index in [-0.39, 0.29) is 11.1 Å². The molecule has 2 aromatic rings. The van der Waals surface area contributed by atoms with Gasteiger partial charge >= 0.3 is 5.97 Å². The molecule has 2 rings (SSSR count). The molecule has 0 saturated carbocycles. The topological polar surface area (TPSA) is 63.3 Å². The molecule has 0 bridgehead atoms. The Bertz CT molecular complexity index is 595. The van der Waals surface area contributed by atoms with E-state index in [0.717, 1.165) is 9.48 Å². The van der Waals surface area contributed by atoms with Crippen LogP contribution in [0.1, 0.15) is 36.3 Å². The molecule has 6 heteroatoms. The summed E-state index contributed by atoms with van der Waals surface area (Å²) in [7, 11) is 0. The van der Waals surface area contributed by atoms with Crippen molar-refractivity contribution in [2.75, 3.05) is 0 Å². The number of furan rings is 1. The van der Waals surface area contributed by atoms with Crippen molar-refractivity contribution in [3.05, 3.63) is 27.5 Å². The van der Waals surface area contributed by atoms with E-state index in [1.54, 1.807) is 6.07 Å². The van der Waals surface area contributed by atoms with Gasteiger partial charge in [0, 0.05) is 5.41 Å². The highest BCUT2D eigenvalue weighted by atomic mass is 79.9. The van der Waals surface area contributed by atoms with Crippen LogP contribution in [0.15, 0.2) is 21.2 Å². The van der Waals surface area contributed by atoms with Crippen molar-refractivity contribution >= 4 is 33.2 Å². The first-order valence-corrected chi connectivity index (χ1v) is 6.89. The van der Waals surface area contributed by atoms with E-state index < -0.39 is 5.97 Å². The van der Waals surface area contributed by atoms with E-state index in [1.165, 1.54) is 17.6 Å². The van der Waals surface area contributed by atoms with E-state index in [0.29, 0.717) is 10.6 Å². The van der Waals surface area contributed by atoms with Gasteiger partial charge in [0.15, 0.2) is 11.5 Å². The highest BCUT2D eigenvalue weighted by Crippen LogP contribution is 2.39. The van der Waals surface area contributed by atoms with Crippen molar-refractivity contribution in [3.63, 3.8) is 0 Å². The second kappa shape index (κ2) is 4.51. The number of hydrogen-bond donors (Lipinski definition) is 1. The Hall–Kier alpha value is -1.14. The zero-order chi connectivity index (χ0) is 13.5. The van der Waals surface area contributed by atoms with Gasteiger partial charge in [0.25, 0.3) is 0 Å². The van der Waals surface area contributed by atoms with Crippen LogP contribution in [-0.4, -0.2) is 16.1 Å². The molecule has 0 atom stereocenters. The fourth-order valence-electron chi connectivity index (χ4n) is 1.40. The molecule has 0 aliphatic carbocycles. The number of carboxylic acid groups (broad SMARTS) is 1. The average molecular weight is 330 g/mol. The highest BCUT2D eigenvalue weighted by Gasteiger charge is 2.27. The van der Waals surface area contributed by atoms with Gasteiger partial charge in [-0.2, -0.15) is 0 Å². The molecule has 96 valence electrons. The second-order valence-electron chi connectivity index (χ2n) is 4.85. The van der Waals surface area contributed by atoms with Crippen LogP contribution in [0, 0.1) is 0 Å². The number of aromatic nitrogens is 1. The first-order valence-electron chi connectivity index (χ1n) is 5.28. The molecule has 1 N–H and O–H groups in total. The molecule has 0 unspecified atom stereocenters. The summed E-state index contributed by atoms with van der Waals surface area (Å²) in [5.41, 5.74) is -0.146. The lowest BCUT2D eigenvalue weighted by atomic mass is 9.98. The lowest BCUT2D eigenvalue weighted by Crippen LogP contribution is -2.11. The Kier molecular flexibility index (Phi) is 3.33.